The van der Waals surface area contributed by atoms with Gasteiger partial charge in [0.15, 0.2) is 0 Å². The van der Waals surface area contributed by atoms with Gasteiger partial charge >= 0.3 is 0 Å². The minimum Gasteiger partial charge on any atom is -0.369 e. The molecule has 0 saturated carbocycles. The van der Waals surface area contributed by atoms with Crippen molar-refractivity contribution in [2.45, 2.75) is 6.92 Å². The van der Waals surface area contributed by atoms with Gasteiger partial charge in [0.1, 0.15) is 4.83 Å². The zero-order valence-electron chi connectivity index (χ0n) is 9.73. The molecule has 2 aromatic heterocycles. The monoisotopic (exact) mass is 257 g/mol. The van der Waals surface area contributed by atoms with Gasteiger partial charge in [0, 0.05) is 10.4 Å². The summed E-state index contributed by atoms with van der Waals surface area (Å²) in [5, 5.41) is 0.623. The second-order valence-electron chi connectivity index (χ2n) is 4.03. The average Bonchev–Trinajstić information content (AvgIpc) is 2.66. The number of aromatic nitrogens is 2. The Morgan fingerprint density at radius 2 is 2.00 bits per heavy atom. The smallest absolute Gasteiger partial charge is 0.283 e. The lowest BCUT2D eigenvalue weighted by atomic mass is 10.0. The van der Waals surface area contributed by atoms with Crippen LogP contribution in [0.5, 0.6) is 0 Å². The first-order chi connectivity index (χ1) is 8.66. The lowest BCUT2D eigenvalue weighted by Crippen LogP contribution is -2.10. The molecule has 0 amide bonds. The molecule has 4 nitrogen and oxygen atoms in total. The molecule has 3 rings (SSSR count). The van der Waals surface area contributed by atoms with Crippen LogP contribution in [0.25, 0.3) is 21.3 Å². The average molecular weight is 257 g/mol. The van der Waals surface area contributed by atoms with Crippen molar-refractivity contribution in [3.63, 3.8) is 0 Å². The van der Waals surface area contributed by atoms with Gasteiger partial charge in [0.25, 0.3) is 5.56 Å². The minimum absolute atomic E-state index is 0.161. The Labute approximate surface area is 107 Å². The molecule has 0 aliphatic heterocycles. The number of nitrogens with zero attached hydrogens (tertiary/aromatic N) is 1. The molecule has 0 aliphatic rings. The van der Waals surface area contributed by atoms with Gasteiger partial charge in [0.2, 0.25) is 5.95 Å². The van der Waals surface area contributed by atoms with E-state index in [0.717, 1.165) is 20.8 Å². The van der Waals surface area contributed by atoms with Gasteiger partial charge in [-0.3, -0.25) is 4.79 Å². The van der Waals surface area contributed by atoms with Crippen molar-refractivity contribution in [2.24, 2.45) is 0 Å². The van der Waals surface area contributed by atoms with Crippen LogP contribution in [0.4, 0.5) is 5.95 Å². The Morgan fingerprint density at radius 3 is 2.72 bits per heavy atom. The van der Waals surface area contributed by atoms with E-state index in [1.54, 1.807) is 0 Å². The fourth-order valence-electron chi connectivity index (χ4n) is 2.10. The molecule has 2 heterocycles. The highest BCUT2D eigenvalue weighted by Gasteiger charge is 2.15. The Morgan fingerprint density at radius 1 is 1.28 bits per heavy atom. The van der Waals surface area contributed by atoms with Gasteiger partial charge in [-0.15, -0.1) is 11.3 Å². The van der Waals surface area contributed by atoms with Gasteiger partial charge in [-0.1, -0.05) is 30.3 Å². The van der Waals surface area contributed by atoms with E-state index in [4.69, 9.17) is 5.73 Å². The second-order valence-corrected chi connectivity index (χ2v) is 5.26. The van der Waals surface area contributed by atoms with Gasteiger partial charge < -0.3 is 10.7 Å². The summed E-state index contributed by atoms with van der Waals surface area (Å²) in [7, 11) is 0. The van der Waals surface area contributed by atoms with E-state index in [-0.39, 0.29) is 11.5 Å². The number of fused-ring (bicyclic) bond motifs is 1. The van der Waals surface area contributed by atoms with Crippen molar-refractivity contribution in [3.05, 3.63) is 45.6 Å². The summed E-state index contributed by atoms with van der Waals surface area (Å²) in [4.78, 5) is 20.6. The summed E-state index contributed by atoms with van der Waals surface area (Å²) in [5.74, 6) is 0.161. The van der Waals surface area contributed by atoms with Crippen molar-refractivity contribution in [1.29, 1.82) is 0 Å². The number of hydrogen-bond donors (Lipinski definition) is 2. The first-order valence-corrected chi connectivity index (χ1v) is 6.33. The molecule has 5 heteroatoms. The Balaban J connectivity index is 2.44. The maximum Gasteiger partial charge on any atom is 0.283 e. The summed E-state index contributed by atoms with van der Waals surface area (Å²) in [6, 6.07) is 9.84. The topological polar surface area (TPSA) is 71.8 Å². The van der Waals surface area contributed by atoms with Gasteiger partial charge in [-0.25, -0.2) is 0 Å². The van der Waals surface area contributed by atoms with Crippen molar-refractivity contribution < 1.29 is 0 Å². The molecule has 18 heavy (non-hydrogen) atoms. The first-order valence-electron chi connectivity index (χ1n) is 5.51. The van der Waals surface area contributed by atoms with Crippen LogP contribution >= 0.6 is 11.3 Å². The van der Waals surface area contributed by atoms with Crippen LogP contribution in [0.15, 0.2) is 35.1 Å². The van der Waals surface area contributed by atoms with Crippen molar-refractivity contribution in [3.8, 4) is 11.1 Å². The summed E-state index contributed by atoms with van der Waals surface area (Å²) in [6.07, 6.45) is 0. The summed E-state index contributed by atoms with van der Waals surface area (Å²) < 4.78 is 0. The van der Waals surface area contributed by atoms with Gasteiger partial charge in [-0.2, -0.15) is 4.98 Å². The van der Waals surface area contributed by atoms with E-state index in [9.17, 15) is 4.79 Å². The van der Waals surface area contributed by atoms with Crippen LogP contribution in [0, 0.1) is 6.92 Å². The molecule has 1 aromatic carbocycles. The van der Waals surface area contributed by atoms with Crippen LogP contribution in [-0.2, 0) is 0 Å². The maximum absolute atomic E-state index is 12.0. The predicted molar refractivity (Wildman–Crippen MR) is 74.8 cm³/mol. The number of aromatic amines is 1. The van der Waals surface area contributed by atoms with Crippen LogP contribution < -0.4 is 11.3 Å². The maximum atomic E-state index is 12.0. The molecule has 0 aliphatic carbocycles. The normalized spacial score (nSPS) is 10.9. The molecule has 3 aromatic rings. The number of aryl methyl sites for hydroxylation is 1. The number of nitrogen functional groups attached to an aromatic ring is 1. The van der Waals surface area contributed by atoms with E-state index < -0.39 is 0 Å². The largest absolute Gasteiger partial charge is 0.369 e. The third kappa shape index (κ3) is 1.60. The summed E-state index contributed by atoms with van der Waals surface area (Å²) in [6.45, 7) is 2.00. The highest BCUT2D eigenvalue weighted by Crippen LogP contribution is 2.35. The van der Waals surface area contributed by atoms with E-state index in [1.165, 1.54) is 11.3 Å². The molecular formula is C13H11N3OS. The van der Waals surface area contributed by atoms with E-state index in [1.807, 2.05) is 37.3 Å². The fourth-order valence-corrected chi connectivity index (χ4v) is 3.17. The fraction of sp³-hybridized carbons (Fsp3) is 0.0769. The zero-order valence-corrected chi connectivity index (χ0v) is 10.5. The Kier molecular flexibility index (Phi) is 2.41. The van der Waals surface area contributed by atoms with E-state index in [2.05, 4.69) is 9.97 Å². The number of hydrogen-bond acceptors (Lipinski definition) is 4. The van der Waals surface area contributed by atoms with Crippen LogP contribution in [0.3, 0.4) is 0 Å². The van der Waals surface area contributed by atoms with Crippen molar-refractivity contribution >= 4 is 27.5 Å². The molecule has 3 N–H and O–H groups in total. The lowest BCUT2D eigenvalue weighted by molar-refractivity contribution is 1.20. The van der Waals surface area contributed by atoms with Crippen molar-refractivity contribution in [1.82, 2.24) is 9.97 Å². The quantitative estimate of drug-likeness (QED) is 0.703. The minimum atomic E-state index is -0.274. The summed E-state index contributed by atoms with van der Waals surface area (Å²) in [5.41, 5.74) is 7.26. The van der Waals surface area contributed by atoms with Crippen LogP contribution in [0.2, 0.25) is 0 Å². The van der Waals surface area contributed by atoms with Gasteiger partial charge in [-0.05, 0) is 12.5 Å². The third-order valence-corrected chi connectivity index (χ3v) is 3.84. The van der Waals surface area contributed by atoms with Gasteiger partial charge in [0.05, 0.1) is 5.39 Å². The number of nitrogens with one attached hydrogen (secondary N) is 1. The number of thiophene rings is 1. The molecular weight excluding hydrogens is 246 g/mol. The van der Waals surface area contributed by atoms with Crippen LogP contribution in [-0.4, -0.2) is 9.97 Å². The Bertz CT molecular complexity index is 774. The third-order valence-electron chi connectivity index (χ3n) is 2.82. The highest BCUT2D eigenvalue weighted by molar-refractivity contribution is 7.19. The zero-order chi connectivity index (χ0) is 12.7. The van der Waals surface area contributed by atoms with Crippen molar-refractivity contribution in [2.75, 3.05) is 5.73 Å². The lowest BCUT2D eigenvalue weighted by Gasteiger charge is -2.00. The predicted octanol–water partition coefficient (Wildman–Crippen LogP) is 2.54. The summed E-state index contributed by atoms with van der Waals surface area (Å²) >= 11 is 1.53. The number of H-pyrrole nitrogens is 1. The number of rotatable bonds is 1. The molecule has 0 unspecified atom stereocenters. The van der Waals surface area contributed by atoms with E-state index >= 15 is 0 Å². The molecule has 0 atom stereocenters. The molecule has 0 spiro atoms. The molecule has 90 valence electrons. The second kappa shape index (κ2) is 3.96. The molecule has 0 radical (unpaired) electrons. The SMILES string of the molecule is Cc1sc2[nH]c(N)nc(=O)c2c1-c1ccccc1. The number of anilines is 1. The standard InChI is InChI=1S/C13H11N3OS/c1-7-9(8-5-3-2-4-6-8)10-11(17)15-13(14)16-12(10)18-7/h2-6H,1H3,(H3,14,15,16,17). The van der Waals surface area contributed by atoms with Crippen LogP contribution in [0.1, 0.15) is 4.88 Å². The first kappa shape index (κ1) is 11.0. The molecule has 0 bridgehead atoms. The molecule has 0 fully saturated rings. The Hall–Kier alpha value is -2.14. The molecule has 0 saturated heterocycles. The number of benzene rings is 1. The number of nitrogens with two attached hydrogens (primary N) is 1. The van der Waals surface area contributed by atoms with E-state index in [0.29, 0.717) is 5.39 Å². The highest BCUT2D eigenvalue weighted by atomic mass is 32.1.